The lowest BCUT2D eigenvalue weighted by Gasteiger charge is -2.14. The van der Waals surface area contributed by atoms with Gasteiger partial charge in [0, 0.05) is 10.8 Å². The Bertz CT molecular complexity index is 913. The molecule has 106 valence electrons. The molecular formula is C15H11BN4O2. The van der Waals surface area contributed by atoms with E-state index < -0.39 is 7.12 Å². The first-order valence-corrected chi connectivity index (χ1v) is 6.75. The summed E-state index contributed by atoms with van der Waals surface area (Å²) in [6.45, 7) is 0. The molecule has 0 radical (unpaired) electrons. The number of hydrogen-bond acceptors (Lipinski definition) is 6. The zero-order valence-electron chi connectivity index (χ0n) is 11.5. The maximum Gasteiger partial charge on any atom is 0.583 e. The number of nitrogen functional groups attached to an aromatic ring is 1. The molecule has 0 unspecified atom stereocenters. The van der Waals surface area contributed by atoms with E-state index in [2.05, 4.69) is 15.4 Å². The van der Waals surface area contributed by atoms with Gasteiger partial charge >= 0.3 is 7.12 Å². The molecule has 1 aromatic heterocycles. The Balaban J connectivity index is 1.85. The molecule has 22 heavy (non-hydrogen) atoms. The van der Waals surface area contributed by atoms with Crippen LogP contribution in [0.1, 0.15) is 5.56 Å². The number of rotatable bonds is 1. The molecule has 1 aliphatic heterocycles. The molecule has 3 aromatic rings. The molecular weight excluding hydrogens is 279 g/mol. The summed E-state index contributed by atoms with van der Waals surface area (Å²) in [6.07, 6.45) is 3.12. The van der Waals surface area contributed by atoms with Gasteiger partial charge in [0.05, 0.1) is 23.6 Å². The van der Waals surface area contributed by atoms with E-state index in [-0.39, 0.29) is 0 Å². The Labute approximate surface area is 126 Å². The van der Waals surface area contributed by atoms with Crippen LogP contribution in [-0.2, 0) is 4.76 Å². The second-order valence-corrected chi connectivity index (χ2v) is 5.07. The number of anilines is 1. The molecule has 0 saturated carbocycles. The monoisotopic (exact) mass is 290 g/mol. The zero-order valence-corrected chi connectivity index (χ0v) is 11.5. The van der Waals surface area contributed by atoms with Gasteiger partial charge in [0.1, 0.15) is 0 Å². The maximum absolute atomic E-state index is 9.87. The van der Waals surface area contributed by atoms with Crippen LogP contribution in [0.15, 0.2) is 47.8 Å². The van der Waals surface area contributed by atoms with Crippen molar-refractivity contribution in [1.29, 1.82) is 0 Å². The summed E-state index contributed by atoms with van der Waals surface area (Å²) < 4.78 is 4.87. The lowest BCUT2D eigenvalue weighted by Crippen LogP contribution is -2.37. The second kappa shape index (κ2) is 4.82. The molecule has 7 heteroatoms. The van der Waals surface area contributed by atoms with Crippen molar-refractivity contribution in [2.75, 3.05) is 5.73 Å². The Kier molecular flexibility index (Phi) is 2.80. The average Bonchev–Trinajstić information content (AvgIpc) is 2.55. The molecule has 4 rings (SSSR count). The first kappa shape index (κ1) is 12.8. The summed E-state index contributed by atoms with van der Waals surface area (Å²) in [5, 5.41) is 22.4. The van der Waals surface area contributed by atoms with Crippen LogP contribution in [0.25, 0.3) is 22.0 Å². The van der Waals surface area contributed by atoms with Gasteiger partial charge in [-0.05, 0) is 28.8 Å². The largest absolute Gasteiger partial charge is 0.583 e. The number of benzene rings is 2. The predicted molar refractivity (Wildman–Crippen MR) is 85.7 cm³/mol. The van der Waals surface area contributed by atoms with Gasteiger partial charge in [-0.2, -0.15) is 10.2 Å². The third-order valence-corrected chi connectivity index (χ3v) is 3.71. The van der Waals surface area contributed by atoms with Crippen LogP contribution in [0.2, 0.25) is 0 Å². The summed E-state index contributed by atoms with van der Waals surface area (Å²) >= 11 is 0. The van der Waals surface area contributed by atoms with E-state index in [1.54, 1.807) is 6.21 Å². The van der Waals surface area contributed by atoms with E-state index in [9.17, 15) is 5.02 Å². The molecule has 0 amide bonds. The molecule has 0 fully saturated rings. The fourth-order valence-electron chi connectivity index (χ4n) is 2.55. The van der Waals surface area contributed by atoms with Gasteiger partial charge in [-0.15, -0.1) is 5.16 Å². The predicted octanol–water partition coefficient (Wildman–Crippen LogP) is 0.931. The van der Waals surface area contributed by atoms with Gasteiger partial charge in [0.15, 0.2) is 0 Å². The quantitative estimate of drug-likeness (QED) is 0.650. The minimum atomic E-state index is -1.05. The van der Waals surface area contributed by atoms with Crippen LogP contribution in [0, 0.1) is 0 Å². The summed E-state index contributed by atoms with van der Waals surface area (Å²) in [5.41, 5.74) is 10.7. The van der Waals surface area contributed by atoms with Gasteiger partial charge < -0.3 is 15.5 Å². The third kappa shape index (κ3) is 1.99. The molecule has 0 saturated heterocycles. The fourth-order valence-corrected chi connectivity index (χ4v) is 2.55. The van der Waals surface area contributed by atoms with E-state index in [4.69, 9.17) is 10.5 Å². The Hall–Kier alpha value is -2.93. The number of nitrogens with two attached hydrogens (primary N) is 1. The van der Waals surface area contributed by atoms with Crippen molar-refractivity contribution in [2.24, 2.45) is 5.16 Å². The number of oxime groups is 1. The molecule has 0 spiro atoms. The van der Waals surface area contributed by atoms with Crippen molar-refractivity contribution >= 4 is 35.4 Å². The highest BCUT2D eigenvalue weighted by Gasteiger charge is 2.25. The zero-order chi connectivity index (χ0) is 15.1. The van der Waals surface area contributed by atoms with Crippen LogP contribution in [-0.4, -0.2) is 28.6 Å². The Morgan fingerprint density at radius 3 is 2.82 bits per heavy atom. The SMILES string of the molecule is Nc1cnnc2cc(-c3ccc4c(c3)B(O)ON=C4)ccc12. The van der Waals surface area contributed by atoms with Crippen molar-refractivity contribution in [1.82, 2.24) is 10.2 Å². The molecule has 0 bridgehead atoms. The van der Waals surface area contributed by atoms with Crippen molar-refractivity contribution in [2.45, 2.75) is 0 Å². The highest BCUT2D eigenvalue weighted by Crippen LogP contribution is 2.25. The van der Waals surface area contributed by atoms with Crippen molar-refractivity contribution in [3.8, 4) is 11.1 Å². The lowest BCUT2D eigenvalue weighted by molar-refractivity contribution is 0.286. The summed E-state index contributed by atoms with van der Waals surface area (Å²) in [4.78, 5) is 0. The topological polar surface area (TPSA) is 93.6 Å². The normalized spacial score (nSPS) is 13.0. The standard InChI is InChI=1S/C15H11BN4O2/c17-14-8-18-20-15-6-10(3-4-12(14)15)9-1-2-11-7-19-22-16(21)13(11)5-9/h1-8,21H,(H2,17,20). The van der Waals surface area contributed by atoms with Crippen LogP contribution in [0.5, 0.6) is 0 Å². The van der Waals surface area contributed by atoms with Crippen molar-refractivity contribution in [3.63, 3.8) is 0 Å². The fraction of sp³-hybridized carbons (Fsp3) is 0. The van der Waals surface area contributed by atoms with E-state index in [0.29, 0.717) is 11.2 Å². The van der Waals surface area contributed by atoms with Gasteiger partial charge in [0.25, 0.3) is 0 Å². The van der Waals surface area contributed by atoms with Crippen LogP contribution in [0.3, 0.4) is 0 Å². The smallest absolute Gasteiger partial charge is 0.427 e. The van der Waals surface area contributed by atoms with E-state index >= 15 is 0 Å². The number of fused-ring (bicyclic) bond motifs is 2. The lowest BCUT2D eigenvalue weighted by atomic mass is 9.75. The van der Waals surface area contributed by atoms with Gasteiger partial charge in [-0.25, -0.2) is 0 Å². The molecule has 2 heterocycles. The highest BCUT2D eigenvalue weighted by molar-refractivity contribution is 6.62. The van der Waals surface area contributed by atoms with Gasteiger partial charge in [0.2, 0.25) is 0 Å². The molecule has 0 aliphatic carbocycles. The van der Waals surface area contributed by atoms with Crippen LogP contribution >= 0.6 is 0 Å². The van der Waals surface area contributed by atoms with Crippen LogP contribution < -0.4 is 11.2 Å². The first-order chi connectivity index (χ1) is 10.7. The number of hydrogen-bond donors (Lipinski definition) is 2. The summed E-state index contributed by atoms with van der Waals surface area (Å²) in [5.74, 6) is 0. The molecule has 0 atom stereocenters. The molecule has 2 aromatic carbocycles. The Morgan fingerprint density at radius 2 is 1.91 bits per heavy atom. The maximum atomic E-state index is 9.87. The van der Waals surface area contributed by atoms with E-state index in [1.165, 1.54) is 6.20 Å². The first-order valence-electron chi connectivity index (χ1n) is 6.75. The Morgan fingerprint density at radius 1 is 1.09 bits per heavy atom. The third-order valence-electron chi connectivity index (χ3n) is 3.71. The second-order valence-electron chi connectivity index (χ2n) is 5.07. The van der Waals surface area contributed by atoms with E-state index in [1.807, 2.05) is 36.4 Å². The van der Waals surface area contributed by atoms with Crippen molar-refractivity contribution in [3.05, 3.63) is 48.2 Å². The van der Waals surface area contributed by atoms with Gasteiger partial charge in [-0.3, -0.25) is 0 Å². The minimum Gasteiger partial charge on any atom is -0.427 e. The molecule has 6 nitrogen and oxygen atoms in total. The highest BCUT2D eigenvalue weighted by atomic mass is 16.6. The number of nitrogens with zero attached hydrogens (tertiary/aromatic N) is 3. The number of aromatic nitrogens is 2. The van der Waals surface area contributed by atoms with Crippen molar-refractivity contribution < 1.29 is 9.78 Å². The average molecular weight is 290 g/mol. The summed E-state index contributed by atoms with van der Waals surface area (Å²) in [7, 11) is -1.05. The van der Waals surface area contributed by atoms with E-state index in [0.717, 1.165) is 27.6 Å². The molecule has 3 N–H and O–H groups in total. The van der Waals surface area contributed by atoms with Gasteiger partial charge in [-0.1, -0.05) is 24.3 Å². The summed E-state index contributed by atoms with van der Waals surface area (Å²) in [6, 6.07) is 11.5. The van der Waals surface area contributed by atoms with Crippen LogP contribution in [0.4, 0.5) is 5.69 Å². The molecule has 1 aliphatic rings. The minimum absolute atomic E-state index is 0.599.